The smallest absolute Gasteiger partial charge is 0.125 e. The van der Waals surface area contributed by atoms with E-state index in [-0.39, 0.29) is 11.3 Å². The van der Waals surface area contributed by atoms with Crippen LogP contribution in [0.15, 0.2) is 12.1 Å². The highest BCUT2D eigenvalue weighted by atomic mass is 16.5. The Balaban J connectivity index is 2.55. The average Bonchev–Trinajstić information content (AvgIpc) is 2.33. The van der Waals surface area contributed by atoms with Crippen molar-refractivity contribution < 1.29 is 4.74 Å². The van der Waals surface area contributed by atoms with Crippen molar-refractivity contribution in [2.24, 2.45) is 11.1 Å². The molecule has 3 nitrogen and oxygen atoms in total. The van der Waals surface area contributed by atoms with E-state index in [1.165, 1.54) is 16.7 Å². The van der Waals surface area contributed by atoms with Gasteiger partial charge in [-0.3, -0.25) is 5.41 Å². The number of nitrogens with two attached hydrogens (primary N) is 1. The quantitative estimate of drug-likeness (QED) is 0.466. The van der Waals surface area contributed by atoms with E-state index < -0.39 is 0 Å². The SMILES string of the molecule is Cc1ccc(C)c(OCCCC(C)(C)C(=N)N)c1C. The highest BCUT2D eigenvalue weighted by molar-refractivity contribution is 5.82. The van der Waals surface area contributed by atoms with E-state index in [1.807, 2.05) is 13.8 Å². The van der Waals surface area contributed by atoms with Gasteiger partial charge in [0.1, 0.15) is 5.75 Å². The van der Waals surface area contributed by atoms with Gasteiger partial charge in [0, 0.05) is 5.41 Å². The minimum absolute atomic E-state index is 0.236. The van der Waals surface area contributed by atoms with Crippen LogP contribution in [-0.4, -0.2) is 12.4 Å². The fourth-order valence-corrected chi connectivity index (χ4v) is 1.97. The van der Waals surface area contributed by atoms with Gasteiger partial charge in [0.25, 0.3) is 0 Å². The molecule has 0 aliphatic rings. The molecule has 3 N–H and O–H groups in total. The summed E-state index contributed by atoms with van der Waals surface area (Å²) in [5.41, 5.74) is 8.98. The fourth-order valence-electron chi connectivity index (χ4n) is 1.97. The minimum Gasteiger partial charge on any atom is -0.493 e. The molecule has 19 heavy (non-hydrogen) atoms. The summed E-state index contributed by atoms with van der Waals surface area (Å²) in [5.74, 6) is 1.25. The number of ether oxygens (including phenoxy) is 1. The molecule has 0 amide bonds. The molecule has 0 aliphatic carbocycles. The molecule has 0 atom stereocenters. The maximum Gasteiger partial charge on any atom is 0.125 e. The number of rotatable bonds is 6. The molecular formula is C16H26N2O. The van der Waals surface area contributed by atoms with Crippen molar-refractivity contribution in [3.05, 3.63) is 28.8 Å². The van der Waals surface area contributed by atoms with Crippen LogP contribution in [0, 0.1) is 31.6 Å². The van der Waals surface area contributed by atoms with E-state index in [9.17, 15) is 0 Å². The van der Waals surface area contributed by atoms with Crippen LogP contribution in [0.25, 0.3) is 0 Å². The first-order valence-corrected chi connectivity index (χ1v) is 6.80. The number of amidine groups is 1. The molecule has 0 unspecified atom stereocenters. The van der Waals surface area contributed by atoms with Gasteiger partial charge in [0.15, 0.2) is 0 Å². The van der Waals surface area contributed by atoms with Gasteiger partial charge in [0.05, 0.1) is 12.4 Å². The van der Waals surface area contributed by atoms with Gasteiger partial charge in [-0.05, 0) is 50.3 Å². The minimum atomic E-state index is -0.236. The Hall–Kier alpha value is -1.51. The summed E-state index contributed by atoms with van der Waals surface area (Å²) in [6.07, 6.45) is 1.77. The van der Waals surface area contributed by atoms with Crippen molar-refractivity contribution in [1.82, 2.24) is 0 Å². The monoisotopic (exact) mass is 262 g/mol. The van der Waals surface area contributed by atoms with Crippen LogP contribution >= 0.6 is 0 Å². The molecule has 0 saturated carbocycles. The molecule has 3 heteroatoms. The van der Waals surface area contributed by atoms with E-state index in [0.29, 0.717) is 6.61 Å². The van der Waals surface area contributed by atoms with E-state index in [2.05, 4.69) is 32.9 Å². The second-order valence-electron chi connectivity index (χ2n) is 5.90. The van der Waals surface area contributed by atoms with Gasteiger partial charge in [-0.1, -0.05) is 26.0 Å². The van der Waals surface area contributed by atoms with Gasteiger partial charge in [-0.25, -0.2) is 0 Å². The van der Waals surface area contributed by atoms with Gasteiger partial charge in [-0.2, -0.15) is 0 Å². The largest absolute Gasteiger partial charge is 0.493 e. The molecule has 0 aliphatic heterocycles. The van der Waals surface area contributed by atoms with Crippen molar-refractivity contribution in [1.29, 1.82) is 5.41 Å². The second kappa shape index (κ2) is 6.09. The molecule has 1 aromatic carbocycles. The summed E-state index contributed by atoms with van der Waals surface area (Å²) >= 11 is 0. The topological polar surface area (TPSA) is 59.1 Å². The predicted octanol–water partition coefficient (Wildman–Crippen LogP) is 3.73. The Morgan fingerprint density at radius 1 is 1.21 bits per heavy atom. The van der Waals surface area contributed by atoms with Gasteiger partial charge in [0.2, 0.25) is 0 Å². The van der Waals surface area contributed by atoms with Crippen LogP contribution in [0.5, 0.6) is 5.75 Å². The first-order valence-electron chi connectivity index (χ1n) is 6.80. The zero-order valence-electron chi connectivity index (χ0n) is 12.8. The molecule has 106 valence electrons. The van der Waals surface area contributed by atoms with Crippen LogP contribution < -0.4 is 10.5 Å². The molecular weight excluding hydrogens is 236 g/mol. The lowest BCUT2D eigenvalue weighted by molar-refractivity contribution is 0.283. The first-order chi connectivity index (χ1) is 8.75. The van der Waals surface area contributed by atoms with E-state index in [4.69, 9.17) is 15.9 Å². The Morgan fingerprint density at radius 2 is 1.79 bits per heavy atom. The van der Waals surface area contributed by atoms with Crippen molar-refractivity contribution in [2.75, 3.05) is 6.61 Å². The summed E-state index contributed by atoms with van der Waals surface area (Å²) in [5, 5.41) is 7.53. The van der Waals surface area contributed by atoms with E-state index in [1.54, 1.807) is 0 Å². The maximum atomic E-state index is 7.53. The molecule has 0 radical (unpaired) electrons. The normalized spacial score (nSPS) is 11.4. The van der Waals surface area contributed by atoms with Crippen molar-refractivity contribution in [3.8, 4) is 5.75 Å². The molecule has 0 aromatic heterocycles. The van der Waals surface area contributed by atoms with Crippen LogP contribution in [0.2, 0.25) is 0 Å². The van der Waals surface area contributed by atoms with Crippen molar-refractivity contribution in [3.63, 3.8) is 0 Å². The third-order valence-corrected chi connectivity index (χ3v) is 3.80. The lowest BCUT2D eigenvalue weighted by Gasteiger charge is -2.23. The van der Waals surface area contributed by atoms with Crippen LogP contribution in [-0.2, 0) is 0 Å². The van der Waals surface area contributed by atoms with Crippen LogP contribution in [0.1, 0.15) is 43.4 Å². The first kappa shape index (κ1) is 15.5. The second-order valence-corrected chi connectivity index (χ2v) is 5.90. The summed E-state index contributed by atoms with van der Waals surface area (Å²) in [6.45, 7) is 10.9. The molecule has 1 rings (SSSR count). The Kier molecular flexibility index (Phi) is 4.98. The molecule has 0 spiro atoms. The Morgan fingerprint density at radius 3 is 2.37 bits per heavy atom. The lowest BCUT2D eigenvalue weighted by Crippen LogP contribution is -2.31. The molecule has 0 bridgehead atoms. The Bertz CT molecular complexity index is 464. The lowest BCUT2D eigenvalue weighted by atomic mass is 9.87. The highest BCUT2D eigenvalue weighted by Gasteiger charge is 2.20. The molecule has 0 heterocycles. The van der Waals surface area contributed by atoms with E-state index >= 15 is 0 Å². The number of nitrogens with one attached hydrogen (secondary N) is 1. The van der Waals surface area contributed by atoms with Gasteiger partial charge < -0.3 is 10.5 Å². The highest BCUT2D eigenvalue weighted by Crippen LogP contribution is 2.27. The van der Waals surface area contributed by atoms with Crippen molar-refractivity contribution in [2.45, 2.75) is 47.5 Å². The zero-order valence-corrected chi connectivity index (χ0v) is 12.8. The number of benzene rings is 1. The van der Waals surface area contributed by atoms with Gasteiger partial charge >= 0.3 is 0 Å². The summed E-state index contributed by atoms with van der Waals surface area (Å²) < 4.78 is 5.91. The predicted molar refractivity (Wildman–Crippen MR) is 81.1 cm³/mol. The van der Waals surface area contributed by atoms with Crippen LogP contribution in [0.4, 0.5) is 0 Å². The summed E-state index contributed by atoms with van der Waals surface area (Å²) in [4.78, 5) is 0. The van der Waals surface area contributed by atoms with Crippen molar-refractivity contribution >= 4 is 5.84 Å². The third kappa shape index (κ3) is 3.98. The summed E-state index contributed by atoms with van der Waals surface area (Å²) in [7, 11) is 0. The number of hydrogen-bond donors (Lipinski definition) is 2. The standard InChI is InChI=1S/C16H26N2O/c1-11-7-8-12(2)14(13(11)3)19-10-6-9-16(4,5)15(17)18/h7-8H,6,9-10H2,1-5H3,(H3,17,18). The summed E-state index contributed by atoms with van der Waals surface area (Å²) in [6, 6.07) is 4.22. The molecule has 1 aromatic rings. The van der Waals surface area contributed by atoms with Crippen LogP contribution in [0.3, 0.4) is 0 Å². The zero-order chi connectivity index (χ0) is 14.6. The van der Waals surface area contributed by atoms with E-state index in [0.717, 1.165) is 18.6 Å². The fraction of sp³-hybridized carbons (Fsp3) is 0.562. The van der Waals surface area contributed by atoms with Gasteiger partial charge in [-0.15, -0.1) is 0 Å². The number of aryl methyl sites for hydroxylation is 2. The Labute approximate surface area is 116 Å². The molecule has 0 saturated heterocycles. The average molecular weight is 262 g/mol. The third-order valence-electron chi connectivity index (χ3n) is 3.80. The maximum absolute atomic E-state index is 7.53. The number of hydrogen-bond acceptors (Lipinski definition) is 2. The molecule has 0 fully saturated rings.